The molecule has 50 heavy (non-hydrogen) atoms. The molecule has 2 aliphatic carbocycles. The van der Waals surface area contributed by atoms with Crippen LogP contribution in [0, 0.1) is 0 Å². The molecule has 1 spiro atoms. The van der Waals surface area contributed by atoms with Crippen LogP contribution in [0.4, 0.5) is 0 Å². The fourth-order valence-corrected chi connectivity index (χ4v) is 9.71. The molecule has 11 rings (SSSR count). The van der Waals surface area contributed by atoms with Crippen molar-refractivity contribution in [2.75, 3.05) is 0 Å². The lowest BCUT2D eigenvalue weighted by Crippen LogP contribution is -2.32. The molecule has 0 saturated heterocycles. The fraction of sp³-hybridized carbons (Fsp3) is 0.0612. The summed E-state index contributed by atoms with van der Waals surface area (Å²) in [5.74, 6) is 1.84. The quantitative estimate of drug-likeness (QED) is 0.183. The predicted octanol–water partition coefficient (Wildman–Crippen LogP) is 12.3. The molecular formula is C49H32O. The summed E-state index contributed by atoms with van der Waals surface area (Å²) in [6.07, 6.45) is 0. The summed E-state index contributed by atoms with van der Waals surface area (Å²) in [5, 5.41) is 2.58. The van der Waals surface area contributed by atoms with Crippen LogP contribution < -0.4 is 4.74 Å². The number of benzene rings is 8. The Hall–Kier alpha value is -6.18. The maximum absolute atomic E-state index is 7.06. The van der Waals surface area contributed by atoms with Gasteiger partial charge in [0.2, 0.25) is 0 Å². The highest BCUT2D eigenvalue weighted by atomic mass is 16.5. The van der Waals surface area contributed by atoms with Crippen molar-refractivity contribution < 1.29 is 4.74 Å². The van der Waals surface area contributed by atoms with Crippen LogP contribution in [0.1, 0.15) is 45.9 Å². The molecule has 0 saturated carbocycles. The van der Waals surface area contributed by atoms with Crippen LogP contribution in [0.2, 0.25) is 0 Å². The van der Waals surface area contributed by atoms with Gasteiger partial charge in [0.25, 0.3) is 0 Å². The molecule has 3 aliphatic rings. The van der Waals surface area contributed by atoms with E-state index in [1.54, 1.807) is 0 Å². The molecule has 0 aromatic heterocycles. The van der Waals surface area contributed by atoms with Crippen molar-refractivity contribution in [1.82, 2.24) is 0 Å². The average Bonchev–Trinajstić information content (AvgIpc) is 3.63. The molecule has 8 aromatic rings. The standard InChI is InChI=1S/C49H32O/c1-48(33-15-3-2-4-16-33)44-30-32(27-28-38(44)39-29-26-31-14-5-6-17-34(31)46(39)48)35-20-13-24-43-47(35)50-45-25-12-11-23-42(45)49(43)40-21-9-7-18-36(40)37-19-8-10-22-41(37)49/h2-30H,1H3. The van der Waals surface area contributed by atoms with Gasteiger partial charge in [0, 0.05) is 22.1 Å². The van der Waals surface area contributed by atoms with Crippen molar-refractivity contribution in [2.45, 2.75) is 17.8 Å². The Morgan fingerprint density at radius 1 is 0.420 bits per heavy atom. The Morgan fingerprint density at radius 2 is 1.02 bits per heavy atom. The third kappa shape index (κ3) is 3.37. The summed E-state index contributed by atoms with van der Waals surface area (Å²) >= 11 is 0. The van der Waals surface area contributed by atoms with E-state index in [9.17, 15) is 0 Å². The van der Waals surface area contributed by atoms with Crippen molar-refractivity contribution in [1.29, 1.82) is 0 Å². The van der Waals surface area contributed by atoms with Gasteiger partial charge in [-0.1, -0.05) is 164 Å². The van der Waals surface area contributed by atoms with Crippen LogP contribution in [0.15, 0.2) is 176 Å². The minimum Gasteiger partial charge on any atom is -0.456 e. The van der Waals surface area contributed by atoms with Gasteiger partial charge in [-0.2, -0.15) is 0 Å². The lowest BCUT2D eigenvalue weighted by molar-refractivity contribution is 0.438. The topological polar surface area (TPSA) is 9.23 Å². The summed E-state index contributed by atoms with van der Waals surface area (Å²) in [7, 11) is 0. The van der Waals surface area contributed by atoms with Crippen molar-refractivity contribution in [2.24, 2.45) is 0 Å². The largest absolute Gasteiger partial charge is 0.456 e. The van der Waals surface area contributed by atoms with Crippen molar-refractivity contribution in [3.8, 4) is 44.9 Å². The van der Waals surface area contributed by atoms with Gasteiger partial charge < -0.3 is 4.74 Å². The number of hydrogen-bond acceptors (Lipinski definition) is 1. The Morgan fingerprint density at radius 3 is 1.82 bits per heavy atom. The molecule has 1 atom stereocenters. The van der Waals surface area contributed by atoms with Crippen LogP contribution in [0.5, 0.6) is 11.5 Å². The first-order chi connectivity index (χ1) is 24.7. The Balaban J connectivity index is 1.19. The van der Waals surface area contributed by atoms with Gasteiger partial charge in [0.05, 0.1) is 5.41 Å². The van der Waals surface area contributed by atoms with Crippen LogP contribution in [-0.2, 0) is 10.8 Å². The lowest BCUT2D eigenvalue weighted by Gasteiger charge is -2.40. The molecule has 1 unspecified atom stereocenters. The SMILES string of the molecule is CC1(c2ccccc2)c2cc(-c3cccc4c3Oc3ccccc3C43c4ccccc4-c4ccccc43)ccc2-c2ccc3ccccc3c21. The summed E-state index contributed by atoms with van der Waals surface area (Å²) in [4.78, 5) is 0. The Labute approximate surface area is 292 Å². The molecular weight excluding hydrogens is 605 g/mol. The van der Waals surface area contributed by atoms with E-state index < -0.39 is 5.41 Å². The summed E-state index contributed by atoms with van der Waals surface area (Å²) in [6, 6.07) is 64.8. The molecule has 0 radical (unpaired) electrons. The smallest absolute Gasteiger partial charge is 0.140 e. The monoisotopic (exact) mass is 636 g/mol. The van der Waals surface area contributed by atoms with E-state index in [-0.39, 0.29) is 5.41 Å². The second-order valence-corrected chi connectivity index (χ2v) is 14.1. The van der Waals surface area contributed by atoms with Gasteiger partial charge in [-0.25, -0.2) is 0 Å². The van der Waals surface area contributed by atoms with Gasteiger partial charge >= 0.3 is 0 Å². The molecule has 1 heteroatoms. The number of ether oxygens (including phenoxy) is 1. The zero-order valence-electron chi connectivity index (χ0n) is 27.7. The molecule has 0 N–H and O–H groups in total. The van der Waals surface area contributed by atoms with E-state index in [4.69, 9.17) is 4.74 Å². The fourth-order valence-electron chi connectivity index (χ4n) is 9.71. The number of hydrogen-bond donors (Lipinski definition) is 0. The van der Waals surface area contributed by atoms with E-state index >= 15 is 0 Å². The maximum atomic E-state index is 7.06. The van der Waals surface area contributed by atoms with Gasteiger partial charge in [-0.05, 0) is 85.5 Å². The first-order valence-corrected chi connectivity index (χ1v) is 17.5. The highest BCUT2D eigenvalue weighted by Crippen LogP contribution is 2.63. The Bertz CT molecular complexity index is 2660. The third-order valence-electron chi connectivity index (χ3n) is 11.8. The van der Waals surface area contributed by atoms with E-state index in [2.05, 4.69) is 183 Å². The highest BCUT2D eigenvalue weighted by Gasteiger charge is 2.51. The number of fused-ring (bicyclic) bond motifs is 14. The molecule has 1 aliphatic heterocycles. The zero-order valence-corrected chi connectivity index (χ0v) is 27.7. The van der Waals surface area contributed by atoms with Gasteiger partial charge in [0.1, 0.15) is 11.5 Å². The molecule has 8 aromatic carbocycles. The van der Waals surface area contributed by atoms with Crippen LogP contribution in [0.3, 0.4) is 0 Å². The lowest BCUT2D eigenvalue weighted by atomic mass is 9.65. The Kier molecular flexibility index (Phi) is 5.51. The molecule has 0 fully saturated rings. The van der Waals surface area contributed by atoms with Crippen LogP contribution in [-0.4, -0.2) is 0 Å². The van der Waals surface area contributed by atoms with Crippen molar-refractivity contribution in [3.63, 3.8) is 0 Å². The summed E-state index contributed by atoms with van der Waals surface area (Å²) in [6.45, 7) is 2.41. The molecule has 0 bridgehead atoms. The van der Waals surface area contributed by atoms with Crippen molar-refractivity contribution in [3.05, 3.63) is 215 Å². The zero-order chi connectivity index (χ0) is 33.0. The minimum absolute atomic E-state index is 0.338. The molecule has 1 nitrogen and oxygen atoms in total. The van der Waals surface area contributed by atoms with E-state index in [1.165, 1.54) is 72.0 Å². The maximum Gasteiger partial charge on any atom is 0.140 e. The second kappa shape index (κ2) is 9.94. The van der Waals surface area contributed by atoms with Crippen LogP contribution >= 0.6 is 0 Å². The first kappa shape index (κ1) is 27.7. The molecule has 0 amide bonds. The number of para-hydroxylation sites is 2. The summed E-state index contributed by atoms with van der Waals surface area (Å²) < 4.78 is 7.06. The van der Waals surface area contributed by atoms with Gasteiger partial charge in [0.15, 0.2) is 0 Å². The second-order valence-electron chi connectivity index (χ2n) is 14.1. The number of rotatable bonds is 2. The van der Waals surface area contributed by atoms with Crippen LogP contribution in [0.25, 0.3) is 44.2 Å². The van der Waals surface area contributed by atoms with E-state index in [1.807, 2.05) is 0 Å². The highest BCUT2D eigenvalue weighted by molar-refractivity contribution is 5.99. The third-order valence-corrected chi connectivity index (χ3v) is 11.8. The normalized spacial score (nSPS) is 16.9. The molecule has 234 valence electrons. The molecule has 1 heterocycles. The first-order valence-electron chi connectivity index (χ1n) is 17.5. The van der Waals surface area contributed by atoms with Crippen molar-refractivity contribution >= 4 is 10.8 Å². The van der Waals surface area contributed by atoms with E-state index in [0.717, 1.165) is 22.6 Å². The van der Waals surface area contributed by atoms with Gasteiger partial charge in [-0.3, -0.25) is 0 Å². The van der Waals surface area contributed by atoms with Gasteiger partial charge in [-0.15, -0.1) is 0 Å². The minimum atomic E-state index is -0.488. The summed E-state index contributed by atoms with van der Waals surface area (Å²) in [5.41, 5.74) is 15.6. The predicted molar refractivity (Wildman–Crippen MR) is 204 cm³/mol. The average molecular weight is 637 g/mol. The van der Waals surface area contributed by atoms with E-state index in [0.29, 0.717) is 0 Å².